The van der Waals surface area contributed by atoms with Crippen LogP contribution in [0.15, 0.2) is 12.3 Å². The van der Waals surface area contributed by atoms with E-state index < -0.39 is 0 Å². The van der Waals surface area contributed by atoms with Gasteiger partial charge in [0.2, 0.25) is 0 Å². The predicted molar refractivity (Wildman–Crippen MR) is 66.8 cm³/mol. The van der Waals surface area contributed by atoms with Gasteiger partial charge in [-0.25, -0.2) is 0 Å². The van der Waals surface area contributed by atoms with Crippen LogP contribution < -0.4 is 5.32 Å². The Morgan fingerprint density at radius 1 is 1.47 bits per heavy atom. The van der Waals surface area contributed by atoms with Gasteiger partial charge in [-0.15, -0.1) is 0 Å². The van der Waals surface area contributed by atoms with Crippen LogP contribution in [0.3, 0.4) is 0 Å². The Kier molecular flexibility index (Phi) is 4.15. The summed E-state index contributed by atoms with van der Waals surface area (Å²) in [7, 11) is 0. The molecule has 1 aliphatic rings. The molecule has 0 radical (unpaired) electrons. The summed E-state index contributed by atoms with van der Waals surface area (Å²) in [5.74, 6) is 0. The summed E-state index contributed by atoms with van der Waals surface area (Å²) in [5.41, 5.74) is 1.30. The first-order valence-electron chi connectivity index (χ1n) is 6.20. The van der Waals surface area contributed by atoms with E-state index in [2.05, 4.69) is 34.3 Å². The van der Waals surface area contributed by atoms with Gasteiger partial charge in [0, 0.05) is 43.6 Å². The summed E-state index contributed by atoms with van der Waals surface area (Å²) in [6.45, 7) is 10.1. The Labute approximate surface area is 103 Å². The van der Waals surface area contributed by atoms with Crippen LogP contribution >= 0.6 is 0 Å². The van der Waals surface area contributed by atoms with Crippen molar-refractivity contribution in [3.05, 3.63) is 18.0 Å². The summed E-state index contributed by atoms with van der Waals surface area (Å²) in [6.07, 6.45) is 1.78. The van der Waals surface area contributed by atoms with Gasteiger partial charge >= 0.3 is 0 Å². The molecule has 0 saturated carbocycles. The van der Waals surface area contributed by atoms with Crippen molar-refractivity contribution >= 4 is 0 Å². The first-order valence-corrected chi connectivity index (χ1v) is 6.20. The maximum Gasteiger partial charge on any atom is 0.0594 e. The van der Waals surface area contributed by atoms with E-state index in [0.29, 0.717) is 0 Å². The summed E-state index contributed by atoms with van der Waals surface area (Å²) >= 11 is 0. The lowest BCUT2D eigenvalue weighted by Crippen LogP contribution is -2.54. The number of hydrogen-bond acceptors (Lipinski definition) is 4. The quantitative estimate of drug-likeness (QED) is 0.789. The molecule has 96 valence electrons. The third-order valence-corrected chi connectivity index (χ3v) is 3.30. The maximum absolute atomic E-state index is 5.38. The van der Waals surface area contributed by atoms with Crippen molar-refractivity contribution in [2.45, 2.75) is 25.9 Å². The topological polar surface area (TPSA) is 53.2 Å². The number of ether oxygens (including phenoxy) is 1. The molecule has 1 fully saturated rings. The molecule has 0 aromatic carbocycles. The highest BCUT2D eigenvalue weighted by Crippen LogP contribution is 2.15. The number of hydrogen-bond donors (Lipinski definition) is 2. The number of nitrogens with zero attached hydrogens (tertiary/aromatic N) is 2. The van der Waals surface area contributed by atoms with Gasteiger partial charge in [0.15, 0.2) is 0 Å². The summed E-state index contributed by atoms with van der Waals surface area (Å²) in [6, 6.07) is 1.99. The molecule has 0 unspecified atom stereocenters. The monoisotopic (exact) mass is 238 g/mol. The molecule has 1 aromatic rings. The molecule has 0 spiro atoms. The second-order valence-electron chi connectivity index (χ2n) is 5.10. The van der Waals surface area contributed by atoms with Gasteiger partial charge in [-0.05, 0) is 19.9 Å². The van der Waals surface area contributed by atoms with E-state index in [9.17, 15) is 0 Å². The second kappa shape index (κ2) is 5.62. The second-order valence-corrected chi connectivity index (χ2v) is 5.10. The molecule has 2 heterocycles. The Morgan fingerprint density at radius 2 is 2.24 bits per heavy atom. The Bertz CT molecular complexity index is 317. The van der Waals surface area contributed by atoms with Gasteiger partial charge in [0.05, 0.1) is 13.2 Å². The van der Waals surface area contributed by atoms with Crippen molar-refractivity contribution in [2.24, 2.45) is 0 Å². The van der Waals surface area contributed by atoms with Crippen LogP contribution in [0.25, 0.3) is 0 Å². The highest BCUT2D eigenvalue weighted by molar-refractivity contribution is 4.97. The Hall–Kier alpha value is -0.910. The highest BCUT2D eigenvalue weighted by atomic mass is 16.5. The lowest BCUT2D eigenvalue weighted by molar-refractivity contribution is -0.00968. The fourth-order valence-electron chi connectivity index (χ4n) is 2.17. The van der Waals surface area contributed by atoms with E-state index in [1.165, 1.54) is 0 Å². The summed E-state index contributed by atoms with van der Waals surface area (Å²) in [5, 5.41) is 10.4. The van der Waals surface area contributed by atoms with E-state index >= 15 is 0 Å². The van der Waals surface area contributed by atoms with E-state index in [1.54, 1.807) is 6.20 Å². The van der Waals surface area contributed by atoms with Crippen LogP contribution in [-0.2, 0) is 11.3 Å². The fraction of sp³-hybridized carbons (Fsp3) is 0.750. The van der Waals surface area contributed by atoms with Crippen molar-refractivity contribution in [3.8, 4) is 0 Å². The van der Waals surface area contributed by atoms with Gasteiger partial charge in [0.1, 0.15) is 0 Å². The largest absolute Gasteiger partial charge is 0.379 e. The zero-order valence-corrected chi connectivity index (χ0v) is 10.7. The molecule has 17 heavy (non-hydrogen) atoms. The molecule has 0 atom stereocenters. The predicted octanol–water partition coefficient (Wildman–Crippen LogP) is 0.610. The van der Waals surface area contributed by atoms with Crippen molar-refractivity contribution in [1.82, 2.24) is 20.4 Å². The average Bonchev–Trinajstić information content (AvgIpc) is 2.83. The number of rotatable bonds is 5. The molecule has 5 heteroatoms. The van der Waals surface area contributed by atoms with Crippen molar-refractivity contribution in [2.75, 3.05) is 32.8 Å². The van der Waals surface area contributed by atoms with Gasteiger partial charge in [-0.2, -0.15) is 5.10 Å². The summed E-state index contributed by atoms with van der Waals surface area (Å²) in [4.78, 5) is 2.48. The lowest BCUT2D eigenvalue weighted by Gasteiger charge is -2.41. The number of aromatic nitrogens is 2. The average molecular weight is 238 g/mol. The van der Waals surface area contributed by atoms with Crippen LogP contribution in [0.1, 0.15) is 19.5 Å². The summed E-state index contributed by atoms with van der Waals surface area (Å²) < 4.78 is 5.38. The molecule has 1 aromatic heterocycles. The van der Waals surface area contributed by atoms with Crippen LogP contribution in [-0.4, -0.2) is 53.5 Å². The van der Waals surface area contributed by atoms with Gasteiger partial charge in [0.25, 0.3) is 0 Å². The molecule has 1 saturated heterocycles. The first-order chi connectivity index (χ1) is 8.18. The van der Waals surface area contributed by atoms with E-state index in [0.717, 1.165) is 45.1 Å². The van der Waals surface area contributed by atoms with Crippen molar-refractivity contribution in [3.63, 3.8) is 0 Å². The van der Waals surface area contributed by atoms with Crippen LogP contribution in [0.2, 0.25) is 0 Å². The Balaban J connectivity index is 1.76. The number of morpholine rings is 1. The van der Waals surface area contributed by atoms with Crippen molar-refractivity contribution < 1.29 is 4.74 Å². The molecule has 0 aliphatic carbocycles. The normalized spacial score (nSPS) is 18.5. The molecule has 2 rings (SSSR count). The zero-order chi connectivity index (χ0) is 12.1. The lowest BCUT2D eigenvalue weighted by atomic mass is 10.0. The standard InChI is InChI=1S/C12H22N4O/c1-12(2,16-5-7-17-8-6-16)10-13-9-11-3-4-14-15-11/h3-4,13H,5-10H2,1-2H3,(H,14,15). The molecule has 5 nitrogen and oxygen atoms in total. The third-order valence-electron chi connectivity index (χ3n) is 3.30. The molecule has 0 amide bonds. The highest BCUT2D eigenvalue weighted by Gasteiger charge is 2.27. The number of H-pyrrole nitrogens is 1. The third kappa shape index (κ3) is 3.52. The Morgan fingerprint density at radius 3 is 2.88 bits per heavy atom. The van der Waals surface area contributed by atoms with Crippen LogP contribution in [0, 0.1) is 0 Å². The van der Waals surface area contributed by atoms with Crippen molar-refractivity contribution in [1.29, 1.82) is 0 Å². The SMILES string of the molecule is CC(C)(CNCc1ccn[nH]1)N1CCOCC1. The number of aromatic amines is 1. The maximum atomic E-state index is 5.38. The van der Waals surface area contributed by atoms with Crippen LogP contribution in [0.4, 0.5) is 0 Å². The number of nitrogens with one attached hydrogen (secondary N) is 2. The van der Waals surface area contributed by atoms with Gasteiger partial charge in [-0.3, -0.25) is 10.00 Å². The van der Waals surface area contributed by atoms with Gasteiger partial charge < -0.3 is 10.1 Å². The van der Waals surface area contributed by atoms with Crippen LogP contribution in [0.5, 0.6) is 0 Å². The molecule has 0 bridgehead atoms. The molecule has 2 N–H and O–H groups in total. The zero-order valence-electron chi connectivity index (χ0n) is 10.7. The van der Waals surface area contributed by atoms with Gasteiger partial charge in [-0.1, -0.05) is 0 Å². The van der Waals surface area contributed by atoms with E-state index in [4.69, 9.17) is 4.74 Å². The minimum atomic E-state index is 0.170. The molecular formula is C12H22N4O. The van der Waals surface area contributed by atoms with E-state index in [-0.39, 0.29) is 5.54 Å². The van der Waals surface area contributed by atoms with E-state index in [1.807, 2.05) is 6.07 Å². The smallest absolute Gasteiger partial charge is 0.0594 e. The first kappa shape index (κ1) is 12.5. The minimum Gasteiger partial charge on any atom is -0.379 e. The molecular weight excluding hydrogens is 216 g/mol. The minimum absolute atomic E-state index is 0.170. The fourth-order valence-corrected chi connectivity index (χ4v) is 2.17. The molecule has 1 aliphatic heterocycles.